The molecule has 0 radical (unpaired) electrons. The Labute approximate surface area is 135 Å². The Balaban J connectivity index is 1.67. The van der Waals surface area contributed by atoms with Crippen LogP contribution in [0.5, 0.6) is 0 Å². The molecule has 0 bridgehead atoms. The van der Waals surface area contributed by atoms with Crippen LogP contribution >= 0.6 is 0 Å². The fourth-order valence-corrected chi connectivity index (χ4v) is 4.12. The lowest BCUT2D eigenvalue weighted by molar-refractivity contribution is 0.0946. The van der Waals surface area contributed by atoms with E-state index in [0.717, 1.165) is 18.4 Å². The van der Waals surface area contributed by atoms with Gasteiger partial charge < -0.3 is 10.3 Å². The number of benzene rings is 1. The van der Waals surface area contributed by atoms with E-state index in [1.54, 1.807) is 0 Å². The van der Waals surface area contributed by atoms with Gasteiger partial charge in [-0.3, -0.25) is 4.79 Å². The second-order valence-corrected chi connectivity index (χ2v) is 7.47. The second-order valence-electron chi connectivity index (χ2n) is 5.53. The van der Waals surface area contributed by atoms with E-state index in [1.807, 2.05) is 30.3 Å². The van der Waals surface area contributed by atoms with Crippen LogP contribution < -0.4 is 5.32 Å². The van der Waals surface area contributed by atoms with Gasteiger partial charge in [0.15, 0.2) is 0 Å². The zero-order chi connectivity index (χ0) is 16.3. The Hall–Kier alpha value is -2.12. The van der Waals surface area contributed by atoms with Gasteiger partial charge in [-0.05, 0) is 24.5 Å². The summed E-state index contributed by atoms with van der Waals surface area (Å²) >= 11 is 0. The van der Waals surface area contributed by atoms with Gasteiger partial charge in [0.2, 0.25) is 10.0 Å². The number of hydrogen-bond donors (Lipinski definition) is 2. The number of sulfonamides is 1. The summed E-state index contributed by atoms with van der Waals surface area (Å²) in [5.41, 5.74) is 1.23. The summed E-state index contributed by atoms with van der Waals surface area (Å²) in [5.74, 6) is -0.322. The number of carbonyl (C=O) groups is 1. The van der Waals surface area contributed by atoms with Gasteiger partial charge in [-0.15, -0.1) is 0 Å². The van der Waals surface area contributed by atoms with Crippen molar-refractivity contribution in [2.24, 2.45) is 0 Å². The highest BCUT2D eigenvalue weighted by Crippen LogP contribution is 2.21. The molecule has 1 saturated heterocycles. The Morgan fingerprint density at radius 3 is 2.57 bits per heavy atom. The third-order valence-electron chi connectivity index (χ3n) is 3.90. The number of aromatic amines is 1. The number of H-pyrrole nitrogens is 1. The molecule has 0 unspecified atom stereocenters. The van der Waals surface area contributed by atoms with Crippen LogP contribution in [0.4, 0.5) is 0 Å². The average molecular weight is 333 g/mol. The average Bonchev–Trinajstić information content (AvgIpc) is 3.25. The van der Waals surface area contributed by atoms with Gasteiger partial charge in [-0.1, -0.05) is 30.3 Å². The van der Waals surface area contributed by atoms with E-state index in [9.17, 15) is 13.2 Å². The molecule has 2 aromatic rings. The van der Waals surface area contributed by atoms with Gasteiger partial charge in [-0.25, -0.2) is 8.42 Å². The molecule has 23 heavy (non-hydrogen) atoms. The van der Waals surface area contributed by atoms with Crippen LogP contribution in [0.15, 0.2) is 47.5 Å². The largest absolute Gasteiger partial charge is 0.356 e. The number of rotatable bonds is 5. The maximum Gasteiger partial charge on any atom is 0.268 e. The van der Waals surface area contributed by atoms with E-state index in [-0.39, 0.29) is 16.5 Å². The highest BCUT2D eigenvalue weighted by molar-refractivity contribution is 7.89. The first kappa shape index (κ1) is 15.8. The first-order valence-electron chi connectivity index (χ1n) is 7.58. The zero-order valence-electron chi connectivity index (χ0n) is 12.7. The van der Waals surface area contributed by atoms with Crippen LogP contribution in [0.3, 0.4) is 0 Å². The molecule has 1 amide bonds. The van der Waals surface area contributed by atoms with Crippen LogP contribution in [0.25, 0.3) is 0 Å². The molecule has 0 atom stereocenters. The molecule has 0 spiro atoms. The number of amides is 1. The van der Waals surface area contributed by atoms with Crippen molar-refractivity contribution in [2.75, 3.05) is 13.1 Å². The SMILES string of the molecule is O=C(NCc1ccccc1)c1cc(S(=O)(=O)N2CCCC2)c[nH]1. The van der Waals surface area contributed by atoms with Crippen molar-refractivity contribution in [3.05, 3.63) is 53.9 Å². The van der Waals surface area contributed by atoms with E-state index in [4.69, 9.17) is 0 Å². The zero-order valence-corrected chi connectivity index (χ0v) is 13.5. The Kier molecular flexibility index (Phi) is 4.49. The summed E-state index contributed by atoms with van der Waals surface area (Å²) in [4.78, 5) is 15.0. The van der Waals surface area contributed by atoms with E-state index in [1.165, 1.54) is 16.6 Å². The molecule has 3 rings (SSSR count). The second kappa shape index (κ2) is 6.55. The van der Waals surface area contributed by atoms with E-state index in [0.29, 0.717) is 19.6 Å². The molecular weight excluding hydrogens is 314 g/mol. The number of aromatic nitrogens is 1. The molecule has 1 aromatic heterocycles. The predicted octanol–water partition coefficient (Wildman–Crippen LogP) is 1.73. The summed E-state index contributed by atoms with van der Waals surface area (Å²) in [5, 5.41) is 2.77. The lowest BCUT2D eigenvalue weighted by Crippen LogP contribution is -2.27. The van der Waals surface area contributed by atoms with Crippen LogP contribution in [-0.2, 0) is 16.6 Å². The normalized spacial score (nSPS) is 15.7. The number of carbonyl (C=O) groups excluding carboxylic acids is 1. The smallest absolute Gasteiger partial charge is 0.268 e. The standard InChI is InChI=1S/C16H19N3O3S/c20-16(18-11-13-6-2-1-3-7-13)15-10-14(12-17-15)23(21,22)19-8-4-5-9-19/h1-3,6-7,10,12,17H,4-5,8-9,11H2,(H,18,20). The van der Waals surface area contributed by atoms with Crippen molar-refractivity contribution in [1.29, 1.82) is 0 Å². The van der Waals surface area contributed by atoms with Crippen molar-refractivity contribution in [2.45, 2.75) is 24.3 Å². The molecule has 2 N–H and O–H groups in total. The third-order valence-corrected chi connectivity index (χ3v) is 5.78. The Morgan fingerprint density at radius 2 is 1.87 bits per heavy atom. The molecule has 2 heterocycles. The molecule has 1 aliphatic rings. The minimum absolute atomic E-state index is 0.143. The first-order chi connectivity index (χ1) is 11.1. The maximum absolute atomic E-state index is 12.4. The minimum atomic E-state index is -3.50. The van der Waals surface area contributed by atoms with Gasteiger partial charge in [0.1, 0.15) is 10.6 Å². The van der Waals surface area contributed by atoms with Crippen molar-refractivity contribution in [1.82, 2.24) is 14.6 Å². The van der Waals surface area contributed by atoms with Crippen molar-refractivity contribution < 1.29 is 13.2 Å². The molecule has 6 nitrogen and oxygen atoms in total. The fraction of sp³-hybridized carbons (Fsp3) is 0.312. The lowest BCUT2D eigenvalue weighted by Gasteiger charge is -2.13. The quantitative estimate of drug-likeness (QED) is 0.874. The van der Waals surface area contributed by atoms with Crippen LogP contribution in [0.2, 0.25) is 0 Å². The van der Waals surface area contributed by atoms with Gasteiger partial charge in [0.25, 0.3) is 5.91 Å². The third kappa shape index (κ3) is 3.46. The van der Waals surface area contributed by atoms with Crippen molar-refractivity contribution in [3.63, 3.8) is 0 Å². The maximum atomic E-state index is 12.4. The lowest BCUT2D eigenvalue weighted by atomic mass is 10.2. The summed E-state index contributed by atoms with van der Waals surface area (Å²) < 4.78 is 26.3. The van der Waals surface area contributed by atoms with E-state index >= 15 is 0 Å². The molecule has 0 aliphatic carbocycles. The first-order valence-corrected chi connectivity index (χ1v) is 9.02. The van der Waals surface area contributed by atoms with Crippen LogP contribution in [0, 0.1) is 0 Å². The molecule has 122 valence electrons. The number of hydrogen-bond acceptors (Lipinski definition) is 3. The van der Waals surface area contributed by atoms with Gasteiger partial charge >= 0.3 is 0 Å². The molecular formula is C16H19N3O3S. The number of nitrogens with one attached hydrogen (secondary N) is 2. The summed E-state index contributed by atoms with van der Waals surface area (Å²) in [7, 11) is -3.50. The summed E-state index contributed by atoms with van der Waals surface area (Å²) in [6.45, 7) is 1.49. The van der Waals surface area contributed by atoms with Crippen LogP contribution in [0.1, 0.15) is 28.9 Å². The summed E-state index contributed by atoms with van der Waals surface area (Å²) in [6.07, 6.45) is 3.15. The fourth-order valence-electron chi connectivity index (χ4n) is 2.61. The molecule has 1 fully saturated rings. The molecule has 0 saturated carbocycles. The predicted molar refractivity (Wildman–Crippen MR) is 86.4 cm³/mol. The van der Waals surface area contributed by atoms with Crippen molar-refractivity contribution in [3.8, 4) is 0 Å². The highest BCUT2D eigenvalue weighted by Gasteiger charge is 2.28. The molecule has 1 aliphatic heterocycles. The van der Waals surface area contributed by atoms with Gasteiger partial charge in [0, 0.05) is 25.8 Å². The topological polar surface area (TPSA) is 82.3 Å². The van der Waals surface area contributed by atoms with Crippen molar-refractivity contribution >= 4 is 15.9 Å². The summed E-state index contributed by atoms with van der Waals surface area (Å²) in [6, 6.07) is 10.9. The van der Waals surface area contributed by atoms with E-state index in [2.05, 4.69) is 10.3 Å². The molecule has 7 heteroatoms. The molecule has 1 aromatic carbocycles. The highest BCUT2D eigenvalue weighted by atomic mass is 32.2. The monoisotopic (exact) mass is 333 g/mol. The number of nitrogens with zero attached hydrogens (tertiary/aromatic N) is 1. The van der Waals surface area contributed by atoms with Crippen LogP contribution in [-0.4, -0.2) is 36.7 Å². The van der Waals surface area contributed by atoms with E-state index < -0.39 is 10.0 Å². The Morgan fingerprint density at radius 1 is 1.17 bits per heavy atom. The van der Waals surface area contributed by atoms with Gasteiger partial charge in [0.05, 0.1) is 0 Å². The Bertz CT molecular complexity index is 778. The minimum Gasteiger partial charge on any atom is -0.356 e. The van der Waals surface area contributed by atoms with Gasteiger partial charge in [-0.2, -0.15) is 4.31 Å².